The summed E-state index contributed by atoms with van der Waals surface area (Å²) in [6.07, 6.45) is 3.80. The lowest BCUT2D eigenvalue weighted by Crippen LogP contribution is -2.36. The molecule has 2 aromatic carbocycles. The monoisotopic (exact) mass is 453 g/mol. The van der Waals surface area contributed by atoms with E-state index in [4.69, 9.17) is 10.5 Å². The number of aromatic nitrogens is 3. The summed E-state index contributed by atoms with van der Waals surface area (Å²) in [6, 6.07) is 19.2. The van der Waals surface area contributed by atoms with Gasteiger partial charge in [0.15, 0.2) is 0 Å². The molecule has 1 unspecified atom stereocenters. The second-order valence-electron chi connectivity index (χ2n) is 8.39. The van der Waals surface area contributed by atoms with Crippen molar-refractivity contribution in [1.29, 1.82) is 0 Å². The van der Waals surface area contributed by atoms with E-state index in [2.05, 4.69) is 21.7 Å². The van der Waals surface area contributed by atoms with Crippen molar-refractivity contribution in [3.05, 3.63) is 77.3 Å². The molecule has 172 valence electrons. The summed E-state index contributed by atoms with van der Waals surface area (Å²) in [5.74, 6) is 7.91. The first-order chi connectivity index (χ1) is 16.7. The predicted molar refractivity (Wildman–Crippen MR) is 134 cm³/mol. The van der Waals surface area contributed by atoms with Crippen molar-refractivity contribution in [3.8, 4) is 29.0 Å². The van der Waals surface area contributed by atoms with Crippen LogP contribution in [0.25, 0.3) is 16.7 Å². The molecule has 1 aliphatic rings. The van der Waals surface area contributed by atoms with Crippen LogP contribution in [0.3, 0.4) is 0 Å². The van der Waals surface area contributed by atoms with Crippen LogP contribution in [0.5, 0.6) is 11.5 Å². The average molecular weight is 454 g/mol. The van der Waals surface area contributed by atoms with Gasteiger partial charge in [0.05, 0.1) is 17.7 Å². The minimum Gasteiger partial charge on any atom is -0.457 e. The minimum absolute atomic E-state index is 0.125. The number of nitrogens with zero attached hydrogens (tertiary/aromatic N) is 4. The molecule has 1 atom stereocenters. The van der Waals surface area contributed by atoms with Gasteiger partial charge in [-0.3, -0.25) is 14.0 Å². The summed E-state index contributed by atoms with van der Waals surface area (Å²) in [4.78, 5) is 20.3. The number of benzene rings is 2. The first-order valence-electron chi connectivity index (χ1n) is 11.5. The van der Waals surface area contributed by atoms with Crippen molar-refractivity contribution in [2.45, 2.75) is 32.4 Å². The highest BCUT2D eigenvalue weighted by molar-refractivity contribution is 5.87. The number of nitrogen functional groups attached to an aromatic ring is 1. The maximum Gasteiger partial charge on any atom is 0.333 e. The molecule has 2 N–H and O–H groups in total. The molecule has 7 heteroatoms. The lowest BCUT2D eigenvalue weighted by atomic mass is 10.2. The Morgan fingerprint density at radius 1 is 1.09 bits per heavy atom. The van der Waals surface area contributed by atoms with E-state index >= 15 is 0 Å². The standard InChI is InChI=1S/C27H27N5O2/c1-2-3-17-30-18-7-8-21(30)19-31-24-15-16-29-26(28)25(24)32(27(31)33)20-11-13-23(14-12-20)34-22-9-5-4-6-10-22/h4-6,9-16,21H,7-8,17-19H2,1H3,(H2,28,29). The zero-order valence-corrected chi connectivity index (χ0v) is 19.1. The van der Waals surface area contributed by atoms with Gasteiger partial charge >= 0.3 is 5.69 Å². The molecular weight excluding hydrogens is 426 g/mol. The van der Waals surface area contributed by atoms with Gasteiger partial charge in [0.25, 0.3) is 0 Å². The van der Waals surface area contributed by atoms with Crippen LogP contribution in [-0.2, 0) is 6.54 Å². The largest absolute Gasteiger partial charge is 0.457 e. The fourth-order valence-corrected chi connectivity index (χ4v) is 4.63. The Balaban J connectivity index is 1.51. The molecule has 0 bridgehead atoms. The third kappa shape index (κ3) is 4.16. The van der Waals surface area contributed by atoms with Crippen molar-refractivity contribution in [2.75, 3.05) is 18.8 Å². The van der Waals surface area contributed by atoms with Crippen LogP contribution in [0.2, 0.25) is 0 Å². The number of imidazole rings is 1. The van der Waals surface area contributed by atoms with Gasteiger partial charge in [-0.15, -0.1) is 5.92 Å². The van der Waals surface area contributed by atoms with E-state index < -0.39 is 0 Å². The van der Waals surface area contributed by atoms with Gasteiger partial charge in [0.2, 0.25) is 0 Å². The van der Waals surface area contributed by atoms with E-state index in [0.717, 1.165) is 37.2 Å². The normalized spacial score (nSPS) is 15.9. The first kappa shape index (κ1) is 21.8. The van der Waals surface area contributed by atoms with E-state index in [0.29, 0.717) is 29.3 Å². The molecule has 1 saturated heterocycles. The number of ether oxygens (including phenoxy) is 1. The van der Waals surface area contributed by atoms with Gasteiger partial charge in [-0.25, -0.2) is 9.78 Å². The maximum atomic E-state index is 13.7. The highest BCUT2D eigenvalue weighted by Crippen LogP contribution is 2.27. The molecule has 0 radical (unpaired) electrons. The fraction of sp³-hybridized carbons (Fsp3) is 0.259. The van der Waals surface area contributed by atoms with Crippen molar-refractivity contribution < 1.29 is 4.74 Å². The molecule has 0 saturated carbocycles. The lowest BCUT2D eigenvalue weighted by molar-refractivity contribution is 0.259. The van der Waals surface area contributed by atoms with Crippen molar-refractivity contribution in [1.82, 2.24) is 19.0 Å². The number of anilines is 1. The number of fused-ring (bicyclic) bond motifs is 1. The average Bonchev–Trinajstić information content (AvgIpc) is 3.42. The van der Waals surface area contributed by atoms with Gasteiger partial charge in [0, 0.05) is 18.8 Å². The van der Waals surface area contributed by atoms with Crippen LogP contribution in [0.1, 0.15) is 19.8 Å². The van der Waals surface area contributed by atoms with E-state index in [9.17, 15) is 4.79 Å². The molecule has 0 amide bonds. The van der Waals surface area contributed by atoms with Crippen LogP contribution >= 0.6 is 0 Å². The number of rotatable bonds is 6. The van der Waals surface area contributed by atoms with Gasteiger partial charge in [-0.05, 0) is 68.8 Å². The second-order valence-corrected chi connectivity index (χ2v) is 8.39. The molecule has 0 aliphatic carbocycles. The topological polar surface area (TPSA) is 78.3 Å². The third-order valence-electron chi connectivity index (χ3n) is 6.29. The number of hydrogen-bond donors (Lipinski definition) is 1. The van der Waals surface area contributed by atoms with Crippen molar-refractivity contribution >= 4 is 16.9 Å². The van der Waals surface area contributed by atoms with Crippen LogP contribution in [0, 0.1) is 11.8 Å². The van der Waals surface area contributed by atoms with Gasteiger partial charge < -0.3 is 10.5 Å². The second kappa shape index (κ2) is 9.46. The molecule has 1 aliphatic heterocycles. The molecular formula is C27H27N5O2. The van der Waals surface area contributed by atoms with Crippen LogP contribution in [0.4, 0.5) is 5.82 Å². The van der Waals surface area contributed by atoms with Gasteiger partial charge in [0.1, 0.15) is 22.8 Å². The fourth-order valence-electron chi connectivity index (χ4n) is 4.63. The van der Waals surface area contributed by atoms with Gasteiger partial charge in [-0.1, -0.05) is 24.1 Å². The van der Waals surface area contributed by atoms with Crippen LogP contribution in [0.15, 0.2) is 71.7 Å². The van der Waals surface area contributed by atoms with Crippen LogP contribution < -0.4 is 16.2 Å². The van der Waals surface area contributed by atoms with Crippen molar-refractivity contribution in [2.24, 2.45) is 0 Å². The van der Waals surface area contributed by atoms with Gasteiger partial charge in [-0.2, -0.15) is 0 Å². The number of para-hydroxylation sites is 1. The van der Waals surface area contributed by atoms with Crippen LogP contribution in [-0.4, -0.2) is 38.1 Å². The number of pyridine rings is 1. The van der Waals surface area contributed by atoms with Crippen molar-refractivity contribution in [3.63, 3.8) is 0 Å². The first-order valence-corrected chi connectivity index (χ1v) is 11.5. The smallest absolute Gasteiger partial charge is 0.333 e. The maximum absolute atomic E-state index is 13.7. The Labute approximate surface area is 198 Å². The summed E-state index contributed by atoms with van der Waals surface area (Å²) >= 11 is 0. The summed E-state index contributed by atoms with van der Waals surface area (Å²) in [6.45, 7) is 4.17. The van der Waals surface area contributed by atoms with E-state index in [-0.39, 0.29) is 11.7 Å². The summed E-state index contributed by atoms with van der Waals surface area (Å²) in [5, 5.41) is 0. The Hall–Kier alpha value is -4.02. The molecule has 2 aromatic heterocycles. The molecule has 0 spiro atoms. The van der Waals surface area contributed by atoms with E-state index in [1.165, 1.54) is 0 Å². The quantitative estimate of drug-likeness (QED) is 0.446. The molecule has 3 heterocycles. The summed E-state index contributed by atoms with van der Waals surface area (Å²) in [5.41, 5.74) is 8.28. The molecule has 4 aromatic rings. The molecule has 7 nitrogen and oxygen atoms in total. The third-order valence-corrected chi connectivity index (χ3v) is 6.29. The predicted octanol–water partition coefficient (Wildman–Crippen LogP) is 4.05. The zero-order chi connectivity index (χ0) is 23.5. The Bertz CT molecular complexity index is 1410. The Morgan fingerprint density at radius 2 is 1.85 bits per heavy atom. The number of nitrogens with two attached hydrogens (primary N) is 1. The minimum atomic E-state index is -0.125. The van der Waals surface area contributed by atoms with E-state index in [1.807, 2.05) is 72.2 Å². The number of likely N-dealkylation sites (tertiary alicyclic amines) is 1. The van der Waals surface area contributed by atoms with E-state index in [1.54, 1.807) is 10.8 Å². The number of hydrogen-bond acceptors (Lipinski definition) is 5. The highest BCUT2D eigenvalue weighted by atomic mass is 16.5. The summed E-state index contributed by atoms with van der Waals surface area (Å²) in [7, 11) is 0. The molecule has 34 heavy (non-hydrogen) atoms. The summed E-state index contributed by atoms with van der Waals surface area (Å²) < 4.78 is 9.37. The highest BCUT2D eigenvalue weighted by Gasteiger charge is 2.27. The zero-order valence-electron chi connectivity index (χ0n) is 19.1. The Morgan fingerprint density at radius 3 is 2.62 bits per heavy atom. The molecule has 1 fully saturated rings. The Kier molecular flexibility index (Phi) is 6.07. The SMILES string of the molecule is CC#CCN1CCCC1Cn1c(=O)n(-c2ccc(Oc3ccccc3)cc2)c2c(N)nccc21. The molecule has 5 rings (SSSR count). The lowest BCUT2D eigenvalue weighted by Gasteiger charge is -2.22.